The number of fused-ring (bicyclic) bond motifs is 3. The highest BCUT2D eigenvalue weighted by molar-refractivity contribution is 8.18. The Bertz CT molecular complexity index is 1200. The zero-order valence-electron chi connectivity index (χ0n) is 14.9. The van der Waals surface area contributed by atoms with Crippen molar-refractivity contribution in [1.29, 1.82) is 0 Å². The van der Waals surface area contributed by atoms with Gasteiger partial charge in [-0.15, -0.1) is 5.10 Å². The molecule has 3 aromatic carbocycles. The van der Waals surface area contributed by atoms with Crippen LogP contribution in [0.15, 0.2) is 75.8 Å². The van der Waals surface area contributed by atoms with Crippen LogP contribution in [0.25, 0.3) is 21.5 Å². The predicted molar refractivity (Wildman–Crippen MR) is 112 cm³/mol. The first-order valence-corrected chi connectivity index (χ1v) is 9.28. The molecule has 0 spiro atoms. The third-order valence-electron chi connectivity index (χ3n) is 4.25. The van der Waals surface area contributed by atoms with Crippen LogP contribution in [-0.2, 0) is 14.3 Å². The molecule has 138 valence electrons. The van der Waals surface area contributed by atoms with E-state index in [0.717, 1.165) is 44.9 Å². The lowest BCUT2D eigenvalue weighted by Gasteiger charge is -2.06. The number of methoxy groups -OCH3 is 1. The standard InChI is InChI=1S/C21H15N3O3S/c1-27-18(25)11-17-20(26)23-21(28-17)24-22-12-15-7-4-6-14-10-9-13-5-2-3-8-16(13)19(14)15/h2-12H,1H3,(H,23,24,26)/b17-11+,22-12?. The molecule has 1 aliphatic heterocycles. The number of amides is 1. The summed E-state index contributed by atoms with van der Waals surface area (Å²) in [6.07, 6.45) is 2.79. The van der Waals surface area contributed by atoms with E-state index < -0.39 is 11.9 Å². The number of carbonyl (C=O) groups is 2. The van der Waals surface area contributed by atoms with Crippen LogP contribution in [0, 0.1) is 0 Å². The monoisotopic (exact) mass is 389 g/mol. The summed E-state index contributed by atoms with van der Waals surface area (Å²) in [5.74, 6) is -0.995. The highest BCUT2D eigenvalue weighted by atomic mass is 32.2. The van der Waals surface area contributed by atoms with Gasteiger partial charge in [-0.1, -0.05) is 54.6 Å². The van der Waals surface area contributed by atoms with Crippen molar-refractivity contribution < 1.29 is 14.3 Å². The normalized spacial score (nSPS) is 17.1. The lowest BCUT2D eigenvalue weighted by Crippen LogP contribution is -2.19. The van der Waals surface area contributed by atoms with E-state index in [-0.39, 0.29) is 4.91 Å². The van der Waals surface area contributed by atoms with Gasteiger partial charge in [-0.3, -0.25) is 10.1 Å². The molecule has 1 N–H and O–H groups in total. The van der Waals surface area contributed by atoms with E-state index in [0.29, 0.717) is 5.17 Å². The Kier molecular flexibility index (Phi) is 4.90. The van der Waals surface area contributed by atoms with Crippen molar-refractivity contribution in [3.8, 4) is 0 Å². The van der Waals surface area contributed by atoms with Crippen LogP contribution in [0.5, 0.6) is 0 Å². The summed E-state index contributed by atoms with van der Waals surface area (Å²) in [6.45, 7) is 0. The van der Waals surface area contributed by atoms with Gasteiger partial charge in [0.05, 0.1) is 18.2 Å². The van der Waals surface area contributed by atoms with E-state index in [2.05, 4.69) is 50.6 Å². The van der Waals surface area contributed by atoms with Gasteiger partial charge in [0.2, 0.25) is 0 Å². The molecule has 0 atom stereocenters. The molecule has 0 aromatic heterocycles. The SMILES string of the molecule is COC(=O)/C=C1/S/C(=N\N=Cc2cccc3ccc4ccccc4c23)NC1=O. The molecule has 0 radical (unpaired) electrons. The van der Waals surface area contributed by atoms with Crippen LogP contribution in [0.1, 0.15) is 5.56 Å². The van der Waals surface area contributed by atoms with Crippen molar-refractivity contribution >= 4 is 56.6 Å². The maximum Gasteiger partial charge on any atom is 0.331 e. The molecule has 4 rings (SSSR count). The molecule has 6 nitrogen and oxygen atoms in total. The molecule has 0 saturated carbocycles. The molecule has 1 saturated heterocycles. The maximum absolute atomic E-state index is 11.8. The van der Waals surface area contributed by atoms with Crippen LogP contribution < -0.4 is 5.32 Å². The van der Waals surface area contributed by atoms with E-state index in [1.54, 1.807) is 6.21 Å². The molecule has 7 heteroatoms. The van der Waals surface area contributed by atoms with Crippen molar-refractivity contribution in [3.05, 3.63) is 71.1 Å². The van der Waals surface area contributed by atoms with Gasteiger partial charge in [0.25, 0.3) is 5.91 Å². The topological polar surface area (TPSA) is 80.1 Å². The van der Waals surface area contributed by atoms with Gasteiger partial charge >= 0.3 is 5.97 Å². The number of thioether (sulfide) groups is 1. The minimum Gasteiger partial charge on any atom is -0.466 e. The Morgan fingerprint density at radius 3 is 2.71 bits per heavy atom. The second-order valence-corrected chi connectivity index (χ2v) is 7.00. The summed E-state index contributed by atoms with van der Waals surface area (Å²) in [7, 11) is 1.25. The van der Waals surface area contributed by atoms with Gasteiger partial charge in [-0.2, -0.15) is 5.10 Å². The second-order valence-electron chi connectivity index (χ2n) is 5.97. The van der Waals surface area contributed by atoms with E-state index in [4.69, 9.17) is 0 Å². The van der Waals surface area contributed by atoms with Gasteiger partial charge < -0.3 is 4.74 Å². The highest BCUT2D eigenvalue weighted by Crippen LogP contribution is 2.28. The molecule has 0 bridgehead atoms. The van der Waals surface area contributed by atoms with Crippen LogP contribution in [0.2, 0.25) is 0 Å². The molecule has 28 heavy (non-hydrogen) atoms. The number of benzene rings is 3. The zero-order valence-corrected chi connectivity index (χ0v) is 15.7. The average Bonchev–Trinajstić information content (AvgIpc) is 3.06. The molecule has 1 heterocycles. The number of nitrogens with one attached hydrogen (secondary N) is 1. The largest absolute Gasteiger partial charge is 0.466 e. The molecule has 3 aromatic rings. The molecule has 1 amide bonds. The number of ether oxygens (including phenoxy) is 1. The van der Waals surface area contributed by atoms with Crippen molar-refractivity contribution in [1.82, 2.24) is 5.32 Å². The molecule has 1 aliphatic rings. The first-order valence-electron chi connectivity index (χ1n) is 8.46. The zero-order chi connectivity index (χ0) is 19.5. The highest BCUT2D eigenvalue weighted by Gasteiger charge is 2.25. The fourth-order valence-corrected chi connectivity index (χ4v) is 3.72. The third kappa shape index (κ3) is 3.52. The van der Waals surface area contributed by atoms with Gasteiger partial charge in [0.15, 0.2) is 5.17 Å². The summed E-state index contributed by atoms with van der Waals surface area (Å²) in [5.41, 5.74) is 0.929. The summed E-state index contributed by atoms with van der Waals surface area (Å²) in [5, 5.41) is 15.6. The summed E-state index contributed by atoms with van der Waals surface area (Å²) < 4.78 is 4.53. The number of carbonyl (C=O) groups excluding carboxylic acids is 2. The minimum absolute atomic E-state index is 0.219. The number of hydrogen-bond acceptors (Lipinski definition) is 6. The maximum atomic E-state index is 11.8. The molecule has 0 aliphatic carbocycles. The van der Waals surface area contributed by atoms with Crippen LogP contribution in [0.3, 0.4) is 0 Å². The van der Waals surface area contributed by atoms with Crippen LogP contribution in [-0.4, -0.2) is 30.4 Å². The second kappa shape index (κ2) is 7.66. The smallest absolute Gasteiger partial charge is 0.331 e. The first-order chi connectivity index (χ1) is 13.7. The van der Waals surface area contributed by atoms with E-state index >= 15 is 0 Å². The van der Waals surface area contributed by atoms with Crippen LogP contribution >= 0.6 is 11.8 Å². The lowest BCUT2D eigenvalue weighted by molar-refractivity contribution is -0.135. The minimum atomic E-state index is -0.593. The Morgan fingerprint density at radius 1 is 1.07 bits per heavy atom. The Hall–Kier alpha value is -3.45. The summed E-state index contributed by atoms with van der Waals surface area (Å²) in [4.78, 5) is 23.4. The number of amidine groups is 1. The molecular weight excluding hydrogens is 374 g/mol. The Morgan fingerprint density at radius 2 is 1.86 bits per heavy atom. The lowest BCUT2D eigenvalue weighted by atomic mass is 9.98. The molecular formula is C21H15N3O3S. The predicted octanol–water partition coefficient (Wildman–Crippen LogP) is 3.60. The van der Waals surface area contributed by atoms with E-state index in [9.17, 15) is 9.59 Å². The van der Waals surface area contributed by atoms with Gasteiger partial charge in [0.1, 0.15) is 0 Å². The van der Waals surface area contributed by atoms with Crippen LogP contribution in [0.4, 0.5) is 0 Å². The number of hydrogen-bond donors (Lipinski definition) is 1. The summed E-state index contributed by atoms with van der Waals surface area (Å²) >= 11 is 1.04. The third-order valence-corrected chi connectivity index (χ3v) is 5.15. The Labute approximate surface area is 165 Å². The van der Waals surface area contributed by atoms with Gasteiger partial charge in [-0.05, 0) is 33.3 Å². The van der Waals surface area contributed by atoms with Gasteiger partial charge in [-0.25, -0.2) is 4.79 Å². The molecule has 1 fully saturated rings. The van der Waals surface area contributed by atoms with Crippen molar-refractivity contribution in [2.45, 2.75) is 0 Å². The van der Waals surface area contributed by atoms with E-state index in [1.807, 2.05) is 24.3 Å². The Balaban J connectivity index is 1.66. The first kappa shape index (κ1) is 17.9. The number of esters is 1. The van der Waals surface area contributed by atoms with Crippen molar-refractivity contribution in [3.63, 3.8) is 0 Å². The summed E-state index contributed by atoms with van der Waals surface area (Å²) in [6, 6.07) is 18.3. The number of nitrogens with zero attached hydrogens (tertiary/aromatic N) is 2. The number of rotatable bonds is 3. The quantitative estimate of drug-likeness (QED) is 0.244. The molecule has 0 unspecified atom stereocenters. The fourth-order valence-electron chi connectivity index (χ4n) is 2.98. The van der Waals surface area contributed by atoms with Gasteiger partial charge in [0, 0.05) is 11.6 Å². The average molecular weight is 389 g/mol. The van der Waals surface area contributed by atoms with Crippen molar-refractivity contribution in [2.75, 3.05) is 7.11 Å². The van der Waals surface area contributed by atoms with Crippen molar-refractivity contribution in [2.24, 2.45) is 10.2 Å². The fraction of sp³-hybridized carbons (Fsp3) is 0.0476. The van der Waals surface area contributed by atoms with E-state index in [1.165, 1.54) is 7.11 Å².